The van der Waals surface area contributed by atoms with Crippen molar-refractivity contribution in [2.45, 2.75) is 13.3 Å². The van der Waals surface area contributed by atoms with E-state index >= 15 is 0 Å². The fourth-order valence-corrected chi connectivity index (χ4v) is 2.97. The van der Waals surface area contributed by atoms with E-state index in [1.807, 2.05) is 25.1 Å². The third kappa shape index (κ3) is 3.17. The standard InChI is InChI=1S/C18H19N3O5/c1-3-11-5-4-6-12-13(7-19-17(11)12)14(22)10-26-16(24)9-21-15(23)8-20(2)18(21)25/h4-7,19H,3,8-10H2,1-2H3. The molecule has 0 spiro atoms. The zero-order valence-corrected chi connectivity index (χ0v) is 14.6. The molecule has 0 saturated carbocycles. The van der Waals surface area contributed by atoms with E-state index in [1.165, 1.54) is 11.9 Å². The minimum atomic E-state index is -0.801. The van der Waals surface area contributed by atoms with Crippen molar-refractivity contribution < 1.29 is 23.9 Å². The number of Topliss-reactive ketones (excluding diaryl/α,β-unsaturated/α-hetero) is 1. The van der Waals surface area contributed by atoms with Crippen molar-refractivity contribution >= 4 is 34.6 Å². The third-order valence-electron chi connectivity index (χ3n) is 4.37. The Morgan fingerprint density at radius 2 is 2.04 bits per heavy atom. The highest BCUT2D eigenvalue weighted by Crippen LogP contribution is 2.22. The number of carbonyl (C=O) groups excluding carboxylic acids is 4. The first-order valence-corrected chi connectivity index (χ1v) is 8.25. The number of aromatic nitrogens is 1. The number of rotatable bonds is 6. The first-order chi connectivity index (χ1) is 12.4. The summed E-state index contributed by atoms with van der Waals surface area (Å²) in [6.45, 7) is 1.01. The van der Waals surface area contributed by atoms with E-state index in [9.17, 15) is 19.2 Å². The lowest BCUT2D eigenvalue weighted by Crippen LogP contribution is -2.37. The van der Waals surface area contributed by atoms with E-state index in [-0.39, 0.29) is 12.3 Å². The van der Waals surface area contributed by atoms with Crippen LogP contribution in [-0.2, 0) is 20.7 Å². The largest absolute Gasteiger partial charge is 0.456 e. The molecular weight excluding hydrogens is 338 g/mol. The molecule has 8 nitrogen and oxygen atoms in total. The van der Waals surface area contributed by atoms with Gasteiger partial charge in [0.2, 0.25) is 5.78 Å². The molecule has 8 heteroatoms. The van der Waals surface area contributed by atoms with Crippen LogP contribution in [0.25, 0.3) is 10.9 Å². The number of ether oxygens (including phenoxy) is 1. The molecule has 1 saturated heterocycles. The van der Waals surface area contributed by atoms with Crippen LogP contribution in [0.1, 0.15) is 22.8 Å². The highest BCUT2D eigenvalue weighted by atomic mass is 16.5. The van der Waals surface area contributed by atoms with Crippen molar-refractivity contribution in [3.05, 3.63) is 35.5 Å². The van der Waals surface area contributed by atoms with Gasteiger partial charge in [-0.05, 0) is 12.0 Å². The number of urea groups is 1. The van der Waals surface area contributed by atoms with Gasteiger partial charge in [0.05, 0.1) is 0 Å². The molecule has 0 unspecified atom stereocenters. The van der Waals surface area contributed by atoms with Crippen molar-refractivity contribution in [1.82, 2.24) is 14.8 Å². The van der Waals surface area contributed by atoms with Gasteiger partial charge in [-0.1, -0.05) is 25.1 Å². The predicted molar refractivity (Wildman–Crippen MR) is 92.7 cm³/mol. The van der Waals surface area contributed by atoms with Gasteiger partial charge in [-0.15, -0.1) is 0 Å². The number of amides is 3. The number of nitrogens with one attached hydrogen (secondary N) is 1. The molecule has 1 aliphatic rings. The van der Waals surface area contributed by atoms with Gasteiger partial charge >= 0.3 is 12.0 Å². The summed E-state index contributed by atoms with van der Waals surface area (Å²) in [5.74, 6) is -1.62. The fraction of sp³-hybridized carbons (Fsp3) is 0.333. The average molecular weight is 357 g/mol. The number of carbonyl (C=O) groups is 4. The molecule has 136 valence electrons. The number of ketones is 1. The number of esters is 1. The van der Waals surface area contributed by atoms with Crippen LogP contribution < -0.4 is 0 Å². The van der Waals surface area contributed by atoms with E-state index in [1.54, 1.807) is 6.20 Å². The molecule has 3 amide bonds. The summed E-state index contributed by atoms with van der Waals surface area (Å²) in [5, 5.41) is 0.775. The van der Waals surface area contributed by atoms with Crippen LogP contribution in [0.15, 0.2) is 24.4 Å². The highest BCUT2D eigenvalue weighted by molar-refractivity contribution is 6.09. The van der Waals surface area contributed by atoms with Gasteiger partial charge in [0.1, 0.15) is 13.1 Å². The lowest BCUT2D eigenvalue weighted by molar-refractivity contribution is -0.145. The van der Waals surface area contributed by atoms with Crippen LogP contribution in [0, 0.1) is 0 Å². The topological polar surface area (TPSA) is 99.8 Å². The second-order valence-corrected chi connectivity index (χ2v) is 6.10. The smallest absolute Gasteiger partial charge is 0.327 e. The van der Waals surface area contributed by atoms with Gasteiger partial charge in [0.15, 0.2) is 6.61 Å². The quantitative estimate of drug-likeness (QED) is 0.478. The summed E-state index contributed by atoms with van der Waals surface area (Å²) in [5.41, 5.74) is 2.42. The molecule has 2 aromatic rings. The molecule has 3 rings (SSSR count). The maximum absolute atomic E-state index is 12.4. The number of imide groups is 1. The van der Waals surface area contributed by atoms with Crippen LogP contribution in [0.4, 0.5) is 4.79 Å². The number of hydrogen-bond donors (Lipinski definition) is 1. The lowest BCUT2D eigenvalue weighted by Gasteiger charge is -2.13. The summed E-state index contributed by atoms with van der Waals surface area (Å²) < 4.78 is 4.96. The van der Waals surface area contributed by atoms with E-state index in [2.05, 4.69) is 4.98 Å². The van der Waals surface area contributed by atoms with Crippen LogP contribution >= 0.6 is 0 Å². The number of para-hydroxylation sites is 1. The number of likely N-dealkylation sites (N-methyl/N-ethyl adjacent to an activating group) is 1. The molecule has 1 aliphatic heterocycles. The average Bonchev–Trinajstić information content (AvgIpc) is 3.16. The Bertz CT molecular complexity index is 901. The predicted octanol–water partition coefficient (Wildman–Crippen LogP) is 1.35. The van der Waals surface area contributed by atoms with Gasteiger partial charge in [0, 0.05) is 29.7 Å². The minimum Gasteiger partial charge on any atom is -0.456 e. The molecule has 0 aliphatic carbocycles. The normalized spacial score (nSPS) is 14.4. The van der Waals surface area contributed by atoms with Crippen molar-refractivity contribution in [3.63, 3.8) is 0 Å². The molecule has 1 aromatic carbocycles. The molecule has 0 atom stereocenters. The van der Waals surface area contributed by atoms with E-state index < -0.39 is 31.1 Å². The summed E-state index contributed by atoms with van der Waals surface area (Å²) in [6, 6.07) is 5.13. The Kier molecular flexibility index (Phi) is 4.75. The van der Waals surface area contributed by atoms with E-state index in [0.29, 0.717) is 5.56 Å². The molecule has 26 heavy (non-hydrogen) atoms. The summed E-state index contributed by atoms with van der Waals surface area (Å²) >= 11 is 0. The number of fused-ring (bicyclic) bond motifs is 1. The molecule has 1 aromatic heterocycles. The number of benzene rings is 1. The van der Waals surface area contributed by atoms with Gasteiger partial charge < -0.3 is 14.6 Å². The third-order valence-corrected chi connectivity index (χ3v) is 4.37. The molecule has 0 bridgehead atoms. The van der Waals surface area contributed by atoms with Gasteiger partial charge in [-0.25, -0.2) is 4.79 Å². The Balaban J connectivity index is 1.63. The molecule has 0 radical (unpaired) electrons. The SMILES string of the molecule is CCc1cccc2c(C(=O)COC(=O)CN3C(=O)CN(C)C3=O)c[nH]c12. The van der Waals surface area contributed by atoms with Crippen LogP contribution in [0.2, 0.25) is 0 Å². The molecule has 2 heterocycles. The van der Waals surface area contributed by atoms with Gasteiger partial charge in [-0.3, -0.25) is 19.3 Å². The zero-order valence-electron chi connectivity index (χ0n) is 14.6. The number of aromatic amines is 1. The summed E-state index contributed by atoms with van der Waals surface area (Å²) in [6.07, 6.45) is 2.43. The molecule has 1 N–H and O–H groups in total. The second-order valence-electron chi connectivity index (χ2n) is 6.10. The van der Waals surface area contributed by atoms with Crippen LogP contribution in [0.5, 0.6) is 0 Å². The molecular formula is C18H19N3O5. The number of H-pyrrole nitrogens is 1. The first-order valence-electron chi connectivity index (χ1n) is 8.25. The first kappa shape index (κ1) is 17.7. The monoisotopic (exact) mass is 357 g/mol. The van der Waals surface area contributed by atoms with Gasteiger partial charge in [-0.2, -0.15) is 0 Å². The lowest BCUT2D eigenvalue weighted by atomic mass is 10.1. The number of aryl methyl sites for hydroxylation is 1. The summed E-state index contributed by atoms with van der Waals surface area (Å²) in [4.78, 5) is 52.8. The maximum atomic E-state index is 12.4. The van der Waals surface area contributed by atoms with Gasteiger partial charge in [0.25, 0.3) is 5.91 Å². The van der Waals surface area contributed by atoms with E-state index in [4.69, 9.17) is 4.74 Å². The summed E-state index contributed by atoms with van der Waals surface area (Å²) in [7, 11) is 1.47. The fourth-order valence-electron chi connectivity index (χ4n) is 2.97. The second kappa shape index (κ2) is 6.99. The Morgan fingerprint density at radius 1 is 1.27 bits per heavy atom. The Morgan fingerprint density at radius 3 is 2.69 bits per heavy atom. The number of nitrogens with zero attached hydrogens (tertiary/aromatic N) is 2. The minimum absolute atomic E-state index is 0.0693. The van der Waals surface area contributed by atoms with Crippen LogP contribution in [0.3, 0.4) is 0 Å². The molecule has 1 fully saturated rings. The Labute approximate surface area is 149 Å². The zero-order chi connectivity index (χ0) is 18.8. The van der Waals surface area contributed by atoms with Crippen LogP contribution in [-0.4, -0.2) is 65.2 Å². The van der Waals surface area contributed by atoms with Crippen molar-refractivity contribution in [2.24, 2.45) is 0 Å². The maximum Gasteiger partial charge on any atom is 0.327 e. The van der Waals surface area contributed by atoms with E-state index in [0.717, 1.165) is 27.8 Å². The van der Waals surface area contributed by atoms with Crippen molar-refractivity contribution in [1.29, 1.82) is 0 Å². The van der Waals surface area contributed by atoms with Crippen molar-refractivity contribution in [2.75, 3.05) is 26.7 Å². The number of hydrogen-bond acceptors (Lipinski definition) is 5. The Hall–Kier alpha value is -3.16. The van der Waals surface area contributed by atoms with Crippen molar-refractivity contribution in [3.8, 4) is 0 Å². The highest BCUT2D eigenvalue weighted by Gasteiger charge is 2.35.